The van der Waals surface area contributed by atoms with E-state index in [0.717, 1.165) is 12.2 Å². The topological polar surface area (TPSA) is 12.0 Å². The smallest absolute Gasteiger partial charge is 0.0417 e. The SMILES string of the molecule is C=C/C(=C\c1c(C)cc(CSC)cc1NC)CC. The van der Waals surface area contributed by atoms with E-state index in [1.807, 2.05) is 24.9 Å². The van der Waals surface area contributed by atoms with Crippen LogP contribution >= 0.6 is 11.8 Å². The zero-order valence-electron chi connectivity index (χ0n) is 11.8. The lowest BCUT2D eigenvalue weighted by Crippen LogP contribution is -1.97. The number of thioether (sulfide) groups is 1. The van der Waals surface area contributed by atoms with Crippen molar-refractivity contribution in [3.8, 4) is 0 Å². The molecule has 0 unspecified atom stereocenters. The summed E-state index contributed by atoms with van der Waals surface area (Å²) in [4.78, 5) is 0. The predicted molar refractivity (Wildman–Crippen MR) is 86.4 cm³/mol. The first kappa shape index (κ1) is 14.9. The third kappa shape index (κ3) is 3.67. The monoisotopic (exact) mass is 261 g/mol. The fourth-order valence-corrected chi connectivity index (χ4v) is 2.51. The Morgan fingerprint density at radius 2 is 2.17 bits per heavy atom. The summed E-state index contributed by atoms with van der Waals surface area (Å²) < 4.78 is 0. The predicted octanol–water partition coefficient (Wildman–Crippen LogP) is 4.88. The normalized spacial score (nSPS) is 11.4. The van der Waals surface area contributed by atoms with Gasteiger partial charge in [-0.2, -0.15) is 11.8 Å². The molecule has 0 saturated carbocycles. The Morgan fingerprint density at radius 3 is 2.67 bits per heavy atom. The van der Waals surface area contributed by atoms with Crippen molar-refractivity contribution in [2.45, 2.75) is 26.0 Å². The molecule has 0 aliphatic heterocycles. The van der Waals surface area contributed by atoms with E-state index in [4.69, 9.17) is 0 Å². The van der Waals surface area contributed by atoms with Crippen LogP contribution in [0.25, 0.3) is 6.08 Å². The molecule has 1 aromatic carbocycles. The van der Waals surface area contributed by atoms with Crippen LogP contribution in [0.15, 0.2) is 30.4 Å². The highest BCUT2D eigenvalue weighted by Crippen LogP contribution is 2.27. The van der Waals surface area contributed by atoms with Crippen molar-refractivity contribution < 1.29 is 0 Å². The molecular weight excluding hydrogens is 238 g/mol. The lowest BCUT2D eigenvalue weighted by molar-refractivity contribution is 1.16. The first-order chi connectivity index (χ1) is 8.65. The second kappa shape index (κ2) is 7.32. The summed E-state index contributed by atoms with van der Waals surface area (Å²) in [7, 11) is 1.98. The summed E-state index contributed by atoms with van der Waals surface area (Å²) in [5, 5.41) is 3.30. The quantitative estimate of drug-likeness (QED) is 0.732. The van der Waals surface area contributed by atoms with Gasteiger partial charge in [0.15, 0.2) is 0 Å². The molecule has 2 heteroatoms. The lowest BCUT2D eigenvalue weighted by Gasteiger charge is -2.13. The standard InChI is InChI=1S/C16H23NS/c1-6-13(7-2)9-15-12(3)8-14(11-18-5)10-16(15)17-4/h6,8-10,17H,1,7,11H2,2-5H3/b13-9+. The van der Waals surface area contributed by atoms with Gasteiger partial charge in [0.2, 0.25) is 0 Å². The van der Waals surface area contributed by atoms with E-state index >= 15 is 0 Å². The number of anilines is 1. The molecule has 0 radical (unpaired) electrons. The van der Waals surface area contributed by atoms with Crippen LogP contribution in [-0.2, 0) is 5.75 Å². The highest BCUT2D eigenvalue weighted by atomic mass is 32.2. The Labute approximate surface area is 115 Å². The zero-order valence-corrected chi connectivity index (χ0v) is 12.7. The van der Waals surface area contributed by atoms with E-state index in [1.54, 1.807) is 0 Å². The minimum atomic E-state index is 1.01. The van der Waals surface area contributed by atoms with Crippen molar-refractivity contribution >= 4 is 23.5 Å². The maximum atomic E-state index is 3.87. The van der Waals surface area contributed by atoms with Gasteiger partial charge in [-0.05, 0) is 48.4 Å². The minimum Gasteiger partial charge on any atom is -0.388 e. The van der Waals surface area contributed by atoms with Gasteiger partial charge < -0.3 is 5.32 Å². The molecule has 18 heavy (non-hydrogen) atoms. The van der Waals surface area contributed by atoms with E-state index in [2.05, 4.69) is 50.2 Å². The maximum absolute atomic E-state index is 3.87. The van der Waals surface area contributed by atoms with E-state index in [0.29, 0.717) is 0 Å². The van der Waals surface area contributed by atoms with Crippen LogP contribution in [0.4, 0.5) is 5.69 Å². The summed E-state index contributed by atoms with van der Waals surface area (Å²) in [6.45, 7) is 8.20. The zero-order chi connectivity index (χ0) is 13.5. The third-order valence-electron chi connectivity index (χ3n) is 3.03. The molecular formula is C16H23NS. The summed E-state index contributed by atoms with van der Waals surface area (Å²) in [6, 6.07) is 4.52. The van der Waals surface area contributed by atoms with Crippen LogP contribution in [0.3, 0.4) is 0 Å². The summed E-state index contributed by atoms with van der Waals surface area (Å²) in [5.41, 5.74) is 6.44. The van der Waals surface area contributed by atoms with Gasteiger partial charge in [-0.25, -0.2) is 0 Å². The van der Waals surface area contributed by atoms with Gasteiger partial charge in [0, 0.05) is 24.1 Å². The molecule has 98 valence electrons. The molecule has 0 fully saturated rings. The Hall–Kier alpha value is -1.15. The van der Waals surface area contributed by atoms with Crippen LogP contribution in [0.1, 0.15) is 30.0 Å². The maximum Gasteiger partial charge on any atom is 0.0417 e. The number of hydrogen-bond donors (Lipinski definition) is 1. The summed E-state index contributed by atoms with van der Waals surface area (Å²) >= 11 is 1.85. The van der Waals surface area contributed by atoms with Crippen molar-refractivity contribution in [1.82, 2.24) is 0 Å². The van der Waals surface area contributed by atoms with E-state index in [-0.39, 0.29) is 0 Å². The molecule has 0 heterocycles. The first-order valence-corrected chi connectivity index (χ1v) is 7.68. The van der Waals surface area contributed by atoms with Crippen LogP contribution < -0.4 is 5.32 Å². The van der Waals surface area contributed by atoms with E-state index in [1.165, 1.54) is 28.0 Å². The highest BCUT2D eigenvalue weighted by molar-refractivity contribution is 7.97. The first-order valence-electron chi connectivity index (χ1n) is 6.29. The van der Waals surface area contributed by atoms with Gasteiger partial charge in [-0.1, -0.05) is 25.6 Å². The minimum absolute atomic E-state index is 1.01. The number of aryl methyl sites for hydroxylation is 1. The highest BCUT2D eigenvalue weighted by Gasteiger charge is 2.05. The molecule has 0 aliphatic rings. The Kier molecular flexibility index (Phi) is 6.06. The Bertz CT molecular complexity index is 447. The van der Waals surface area contributed by atoms with Gasteiger partial charge in [0.1, 0.15) is 0 Å². The third-order valence-corrected chi connectivity index (χ3v) is 3.65. The second-order valence-electron chi connectivity index (χ2n) is 4.33. The lowest BCUT2D eigenvalue weighted by atomic mass is 10.00. The molecule has 0 saturated heterocycles. The van der Waals surface area contributed by atoms with Gasteiger partial charge >= 0.3 is 0 Å². The Balaban J connectivity index is 3.26. The van der Waals surface area contributed by atoms with Gasteiger partial charge in [-0.15, -0.1) is 0 Å². The van der Waals surface area contributed by atoms with Crippen molar-refractivity contribution in [2.75, 3.05) is 18.6 Å². The molecule has 1 aromatic rings. The average molecular weight is 261 g/mol. The van der Waals surface area contributed by atoms with Crippen molar-refractivity contribution in [2.24, 2.45) is 0 Å². The van der Waals surface area contributed by atoms with Gasteiger partial charge in [0.25, 0.3) is 0 Å². The van der Waals surface area contributed by atoms with Crippen LogP contribution in [-0.4, -0.2) is 13.3 Å². The number of nitrogens with one attached hydrogen (secondary N) is 1. The fourth-order valence-electron chi connectivity index (χ4n) is 2.01. The molecule has 1 nitrogen and oxygen atoms in total. The molecule has 0 bridgehead atoms. The fraction of sp³-hybridized carbons (Fsp3) is 0.375. The number of allylic oxidation sites excluding steroid dienone is 2. The average Bonchev–Trinajstić information content (AvgIpc) is 2.37. The van der Waals surface area contributed by atoms with E-state index in [9.17, 15) is 0 Å². The van der Waals surface area contributed by atoms with Gasteiger partial charge in [0.05, 0.1) is 0 Å². The second-order valence-corrected chi connectivity index (χ2v) is 5.20. The summed E-state index contributed by atoms with van der Waals surface area (Å²) in [6.07, 6.45) is 7.32. The number of hydrogen-bond acceptors (Lipinski definition) is 2. The largest absolute Gasteiger partial charge is 0.388 e. The van der Waals surface area contributed by atoms with Crippen molar-refractivity contribution in [1.29, 1.82) is 0 Å². The number of rotatable bonds is 6. The van der Waals surface area contributed by atoms with Crippen LogP contribution in [0, 0.1) is 6.92 Å². The summed E-state index contributed by atoms with van der Waals surface area (Å²) in [5.74, 6) is 1.06. The Morgan fingerprint density at radius 1 is 1.44 bits per heavy atom. The molecule has 1 N–H and O–H groups in total. The molecule has 0 atom stereocenters. The van der Waals surface area contributed by atoms with Gasteiger partial charge in [-0.3, -0.25) is 0 Å². The molecule has 1 rings (SSSR count). The van der Waals surface area contributed by atoms with Crippen LogP contribution in [0.5, 0.6) is 0 Å². The molecule has 0 spiro atoms. The van der Waals surface area contributed by atoms with Crippen molar-refractivity contribution in [3.63, 3.8) is 0 Å². The van der Waals surface area contributed by atoms with E-state index < -0.39 is 0 Å². The van der Waals surface area contributed by atoms with Crippen LogP contribution in [0.2, 0.25) is 0 Å². The number of benzene rings is 1. The molecule has 0 amide bonds. The molecule has 0 aromatic heterocycles. The van der Waals surface area contributed by atoms with Crippen molar-refractivity contribution in [3.05, 3.63) is 47.1 Å². The molecule has 0 aliphatic carbocycles.